The summed E-state index contributed by atoms with van der Waals surface area (Å²) in [4.78, 5) is 10.9. The van der Waals surface area contributed by atoms with Gasteiger partial charge in [0.1, 0.15) is 5.82 Å². The molecule has 1 aliphatic heterocycles. The number of piperazine rings is 1. The second-order valence-corrected chi connectivity index (χ2v) is 8.02. The van der Waals surface area contributed by atoms with Crippen LogP contribution in [0, 0.1) is 6.92 Å². The minimum Gasteiger partial charge on any atom is -0.492 e. The molecule has 2 aromatic heterocycles. The van der Waals surface area contributed by atoms with E-state index in [1.54, 1.807) is 0 Å². The largest absolute Gasteiger partial charge is 0.492 e. The number of nitrogens with zero attached hydrogens (tertiary/aromatic N) is 5. The average molecular weight is 392 g/mol. The fraction of sp³-hybridized carbons (Fsp3) is 0.444. The molecule has 8 heteroatoms. The van der Waals surface area contributed by atoms with Crippen LogP contribution in [0.2, 0.25) is 5.02 Å². The molecule has 138 valence electrons. The fourth-order valence-corrected chi connectivity index (χ4v) is 4.93. The first-order valence-corrected chi connectivity index (χ1v) is 10.0. The third-order valence-corrected chi connectivity index (χ3v) is 6.25. The molecule has 1 atom stereocenters. The van der Waals surface area contributed by atoms with Crippen molar-refractivity contribution in [1.82, 2.24) is 24.4 Å². The van der Waals surface area contributed by atoms with Crippen LogP contribution in [0.5, 0.6) is 5.88 Å². The van der Waals surface area contributed by atoms with Crippen molar-refractivity contribution in [2.45, 2.75) is 19.9 Å². The first kappa shape index (κ1) is 17.7. The second kappa shape index (κ2) is 7.15. The molecule has 1 aromatic carbocycles. The van der Waals surface area contributed by atoms with E-state index in [-0.39, 0.29) is 11.9 Å². The number of fused-ring (bicyclic) bond motifs is 1. The molecule has 26 heavy (non-hydrogen) atoms. The summed E-state index contributed by atoms with van der Waals surface area (Å²) in [6.07, 6.45) is 0. The zero-order valence-corrected chi connectivity index (χ0v) is 16.5. The van der Waals surface area contributed by atoms with E-state index in [1.165, 1.54) is 15.9 Å². The molecule has 1 aliphatic rings. The number of thiazole rings is 1. The molecule has 0 radical (unpaired) electrons. The number of aromatic hydroxyl groups is 1. The van der Waals surface area contributed by atoms with E-state index in [1.807, 2.05) is 25.1 Å². The van der Waals surface area contributed by atoms with Crippen LogP contribution in [0.3, 0.4) is 0 Å². The molecular weight excluding hydrogens is 370 g/mol. The molecule has 6 nitrogen and oxygen atoms in total. The highest BCUT2D eigenvalue weighted by atomic mass is 35.5. The Bertz CT molecular complexity index is 916. The Labute approximate surface area is 161 Å². The standard InChI is InChI=1S/C18H22ClN5OS/c1-3-22-7-9-23(10-8-22)15(13-5-4-6-14(19)11-13)16-17(25)24-18(26-16)20-12(2)21-24/h4-6,11,15,25H,3,7-10H2,1-2H3/t15-/m1/s1. The number of hydrogen-bond acceptors (Lipinski definition) is 6. The van der Waals surface area contributed by atoms with Gasteiger partial charge in [0.25, 0.3) is 0 Å². The Morgan fingerprint density at radius 2 is 2.04 bits per heavy atom. The fourth-order valence-electron chi connectivity index (χ4n) is 3.57. The summed E-state index contributed by atoms with van der Waals surface area (Å²) in [5.74, 6) is 0.836. The number of likely N-dealkylation sites (N-methyl/N-ethyl adjacent to an activating group) is 1. The van der Waals surface area contributed by atoms with E-state index in [0.717, 1.165) is 43.2 Å². The van der Waals surface area contributed by atoms with Crippen LogP contribution >= 0.6 is 22.9 Å². The van der Waals surface area contributed by atoms with Gasteiger partial charge < -0.3 is 10.0 Å². The van der Waals surface area contributed by atoms with E-state index in [0.29, 0.717) is 15.8 Å². The lowest BCUT2D eigenvalue weighted by Gasteiger charge is -2.38. The predicted molar refractivity (Wildman–Crippen MR) is 104 cm³/mol. The second-order valence-electron chi connectivity index (χ2n) is 6.57. The summed E-state index contributed by atoms with van der Waals surface area (Å²) < 4.78 is 1.54. The SMILES string of the molecule is CCN1CCN([C@H](c2cccc(Cl)c2)c2sc3nc(C)nn3c2O)CC1. The number of halogens is 1. The van der Waals surface area contributed by atoms with Crippen molar-refractivity contribution in [2.75, 3.05) is 32.7 Å². The van der Waals surface area contributed by atoms with Crippen molar-refractivity contribution < 1.29 is 5.11 Å². The van der Waals surface area contributed by atoms with Gasteiger partial charge >= 0.3 is 0 Å². The molecule has 0 aliphatic carbocycles. The van der Waals surface area contributed by atoms with Gasteiger partial charge in [0.2, 0.25) is 10.8 Å². The maximum atomic E-state index is 10.8. The van der Waals surface area contributed by atoms with Crippen molar-refractivity contribution in [3.05, 3.63) is 45.6 Å². The van der Waals surface area contributed by atoms with Gasteiger partial charge in [0.05, 0.1) is 10.9 Å². The van der Waals surface area contributed by atoms with Crippen LogP contribution in [0.15, 0.2) is 24.3 Å². The first-order chi connectivity index (χ1) is 12.6. The van der Waals surface area contributed by atoms with Gasteiger partial charge in [0.15, 0.2) is 0 Å². The molecule has 1 saturated heterocycles. The molecule has 1 N–H and O–H groups in total. The highest BCUT2D eigenvalue weighted by Crippen LogP contribution is 2.40. The lowest BCUT2D eigenvalue weighted by Crippen LogP contribution is -2.47. The Kier molecular flexibility index (Phi) is 4.88. The first-order valence-electron chi connectivity index (χ1n) is 8.83. The van der Waals surface area contributed by atoms with Gasteiger partial charge in [-0.05, 0) is 31.2 Å². The van der Waals surface area contributed by atoms with Crippen LogP contribution in [-0.4, -0.2) is 62.2 Å². The molecule has 0 spiro atoms. The molecular formula is C18H22ClN5OS. The Balaban J connectivity index is 1.77. The van der Waals surface area contributed by atoms with E-state index in [9.17, 15) is 5.11 Å². The topological polar surface area (TPSA) is 56.9 Å². The number of aromatic nitrogens is 3. The van der Waals surface area contributed by atoms with E-state index in [4.69, 9.17) is 11.6 Å². The lowest BCUT2D eigenvalue weighted by molar-refractivity contribution is 0.113. The van der Waals surface area contributed by atoms with E-state index >= 15 is 0 Å². The number of hydrogen-bond donors (Lipinski definition) is 1. The van der Waals surface area contributed by atoms with Crippen LogP contribution in [0.4, 0.5) is 0 Å². The molecule has 0 unspecified atom stereocenters. The van der Waals surface area contributed by atoms with Gasteiger partial charge in [-0.2, -0.15) is 4.52 Å². The molecule has 3 heterocycles. The maximum Gasteiger partial charge on any atom is 0.230 e. The maximum absolute atomic E-state index is 10.8. The van der Waals surface area contributed by atoms with Crippen molar-refractivity contribution in [1.29, 1.82) is 0 Å². The summed E-state index contributed by atoms with van der Waals surface area (Å²) in [6, 6.07) is 7.85. The van der Waals surface area contributed by atoms with Gasteiger partial charge in [-0.15, -0.1) is 5.10 Å². The summed E-state index contributed by atoms with van der Waals surface area (Å²) in [5.41, 5.74) is 1.08. The number of rotatable bonds is 4. The number of benzene rings is 1. The minimum absolute atomic E-state index is 0.0542. The zero-order chi connectivity index (χ0) is 18.3. The number of aryl methyl sites for hydroxylation is 1. The van der Waals surface area contributed by atoms with Gasteiger partial charge in [-0.25, -0.2) is 4.98 Å². The normalized spacial score (nSPS) is 17.8. The highest BCUT2D eigenvalue weighted by molar-refractivity contribution is 7.17. The summed E-state index contributed by atoms with van der Waals surface area (Å²) in [5, 5.41) is 15.8. The molecule has 0 saturated carbocycles. The predicted octanol–water partition coefficient (Wildman–Crippen LogP) is 3.19. The van der Waals surface area contributed by atoms with Crippen molar-refractivity contribution in [2.24, 2.45) is 0 Å². The summed E-state index contributed by atoms with van der Waals surface area (Å²) in [7, 11) is 0. The zero-order valence-electron chi connectivity index (χ0n) is 14.9. The van der Waals surface area contributed by atoms with Gasteiger partial charge in [-0.3, -0.25) is 4.90 Å². The van der Waals surface area contributed by atoms with Gasteiger partial charge in [-0.1, -0.05) is 42.0 Å². The summed E-state index contributed by atoms with van der Waals surface area (Å²) >= 11 is 7.76. The molecule has 3 aromatic rings. The van der Waals surface area contributed by atoms with Crippen LogP contribution < -0.4 is 0 Å². The van der Waals surface area contributed by atoms with Gasteiger partial charge in [0, 0.05) is 31.2 Å². The third kappa shape index (κ3) is 3.20. The quantitative estimate of drug-likeness (QED) is 0.740. The van der Waals surface area contributed by atoms with Crippen LogP contribution in [-0.2, 0) is 0 Å². The lowest BCUT2D eigenvalue weighted by atomic mass is 10.0. The minimum atomic E-state index is -0.0542. The van der Waals surface area contributed by atoms with Crippen molar-refractivity contribution in [3.8, 4) is 5.88 Å². The van der Waals surface area contributed by atoms with Crippen molar-refractivity contribution in [3.63, 3.8) is 0 Å². The molecule has 0 amide bonds. The highest BCUT2D eigenvalue weighted by Gasteiger charge is 2.31. The Morgan fingerprint density at radius 1 is 1.27 bits per heavy atom. The Hall–Kier alpha value is -1.67. The molecule has 4 rings (SSSR count). The smallest absolute Gasteiger partial charge is 0.230 e. The average Bonchev–Trinajstić information content (AvgIpc) is 3.14. The van der Waals surface area contributed by atoms with Crippen molar-refractivity contribution >= 4 is 27.9 Å². The third-order valence-electron chi connectivity index (χ3n) is 4.94. The Morgan fingerprint density at radius 3 is 2.69 bits per heavy atom. The summed E-state index contributed by atoms with van der Waals surface area (Å²) in [6.45, 7) is 9.02. The molecule has 1 fully saturated rings. The van der Waals surface area contributed by atoms with E-state index in [2.05, 4.69) is 32.9 Å². The molecule has 0 bridgehead atoms. The monoisotopic (exact) mass is 391 g/mol. The van der Waals surface area contributed by atoms with Crippen LogP contribution in [0.1, 0.15) is 29.2 Å². The van der Waals surface area contributed by atoms with E-state index < -0.39 is 0 Å². The van der Waals surface area contributed by atoms with Crippen LogP contribution in [0.25, 0.3) is 4.96 Å².